The maximum Gasteiger partial charge on any atom is 0.266 e. The summed E-state index contributed by atoms with van der Waals surface area (Å²) in [5.41, 5.74) is 0.761. The van der Waals surface area contributed by atoms with Gasteiger partial charge in [-0.1, -0.05) is 6.92 Å². The Morgan fingerprint density at radius 3 is 2.69 bits per heavy atom. The summed E-state index contributed by atoms with van der Waals surface area (Å²) in [7, 11) is 0. The Balaban J connectivity index is 2.33. The first-order chi connectivity index (χ1) is 7.72. The zero-order valence-electron chi connectivity index (χ0n) is 9.42. The standard InChI is InChI=1S/C11H16BrN3O/c1-2-8-9(12)10(16)14-11(13-8)15-6-4-3-5-7-15/h2-7H2,1H3,(H,13,14,16). The van der Waals surface area contributed by atoms with Crippen LogP contribution >= 0.6 is 15.9 Å². The van der Waals surface area contributed by atoms with Crippen molar-refractivity contribution in [3.8, 4) is 0 Å². The predicted octanol–water partition coefficient (Wildman–Crippen LogP) is 2.09. The molecule has 4 nitrogen and oxygen atoms in total. The van der Waals surface area contributed by atoms with Crippen molar-refractivity contribution in [3.63, 3.8) is 0 Å². The minimum absolute atomic E-state index is 0.0765. The molecule has 0 bridgehead atoms. The van der Waals surface area contributed by atoms with Crippen LogP contribution in [0.4, 0.5) is 5.95 Å². The number of halogens is 1. The van der Waals surface area contributed by atoms with Gasteiger partial charge in [0.15, 0.2) is 0 Å². The highest BCUT2D eigenvalue weighted by atomic mass is 79.9. The molecule has 0 atom stereocenters. The molecular weight excluding hydrogens is 270 g/mol. The molecule has 5 heteroatoms. The van der Waals surface area contributed by atoms with Gasteiger partial charge in [0.05, 0.1) is 5.69 Å². The van der Waals surface area contributed by atoms with Gasteiger partial charge in [-0.25, -0.2) is 4.98 Å². The van der Waals surface area contributed by atoms with Gasteiger partial charge in [0.1, 0.15) is 4.47 Å². The Morgan fingerprint density at radius 1 is 1.38 bits per heavy atom. The van der Waals surface area contributed by atoms with Crippen LogP contribution in [-0.2, 0) is 6.42 Å². The summed E-state index contributed by atoms with van der Waals surface area (Å²) in [5, 5.41) is 0. The quantitative estimate of drug-likeness (QED) is 0.905. The van der Waals surface area contributed by atoms with E-state index in [1.807, 2.05) is 6.92 Å². The number of piperidine rings is 1. The molecule has 1 aromatic rings. The van der Waals surface area contributed by atoms with Crippen molar-refractivity contribution < 1.29 is 0 Å². The molecule has 16 heavy (non-hydrogen) atoms. The van der Waals surface area contributed by atoms with Crippen molar-refractivity contribution in [1.29, 1.82) is 0 Å². The van der Waals surface area contributed by atoms with Gasteiger partial charge in [-0.2, -0.15) is 0 Å². The van der Waals surface area contributed by atoms with E-state index in [0.717, 1.165) is 31.2 Å². The van der Waals surface area contributed by atoms with E-state index in [1.54, 1.807) is 0 Å². The van der Waals surface area contributed by atoms with Crippen molar-refractivity contribution in [1.82, 2.24) is 9.97 Å². The third-order valence-corrected chi connectivity index (χ3v) is 3.73. The molecule has 0 spiro atoms. The second-order valence-corrected chi connectivity index (χ2v) is 4.84. The molecule has 0 unspecified atom stereocenters. The van der Waals surface area contributed by atoms with Gasteiger partial charge >= 0.3 is 0 Å². The number of aryl methyl sites for hydroxylation is 1. The first kappa shape index (κ1) is 11.6. The van der Waals surface area contributed by atoms with Gasteiger partial charge in [-0.05, 0) is 41.6 Å². The monoisotopic (exact) mass is 285 g/mol. The summed E-state index contributed by atoms with van der Waals surface area (Å²) in [6.45, 7) is 3.99. The van der Waals surface area contributed by atoms with Gasteiger partial charge in [0.2, 0.25) is 5.95 Å². The van der Waals surface area contributed by atoms with E-state index in [-0.39, 0.29) is 5.56 Å². The lowest BCUT2D eigenvalue weighted by molar-refractivity contribution is 0.566. The highest BCUT2D eigenvalue weighted by Gasteiger charge is 2.15. The molecule has 0 saturated carbocycles. The van der Waals surface area contributed by atoms with Gasteiger partial charge in [0, 0.05) is 13.1 Å². The molecule has 1 N–H and O–H groups in total. The number of hydrogen-bond donors (Lipinski definition) is 1. The summed E-state index contributed by atoms with van der Waals surface area (Å²) in [6, 6.07) is 0. The highest BCUT2D eigenvalue weighted by molar-refractivity contribution is 9.10. The Kier molecular flexibility index (Phi) is 3.63. The predicted molar refractivity (Wildman–Crippen MR) is 68.0 cm³/mol. The summed E-state index contributed by atoms with van der Waals surface area (Å²) in [5.74, 6) is 0.727. The van der Waals surface area contributed by atoms with E-state index >= 15 is 0 Å². The fourth-order valence-electron chi connectivity index (χ4n) is 1.98. The molecule has 1 saturated heterocycles. The lowest BCUT2D eigenvalue weighted by atomic mass is 10.1. The molecule has 1 aliphatic rings. The van der Waals surface area contributed by atoms with Crippen LogP contribution in [0.5, 0.6) is 0 Å². The largest absolute Gasteiger partial charge is 0.342 e. The fraction of sp³-hybridized carbons (Fsp3) is 0.636. The minimum Gasteiger partial charge on any atom is -0.342 e. The van der Waals surface area contributed by atoms with E-state index in [1.165, 1.54) is 19.3 Å². The third-order valence-electron chi connectivity index (χ3n) is 2.91. The number of anilines is 1. The molecule has 0 amide bonds. The number of rotatable bonds is 2. The second kappa shape index (κ2) is 4.99. The molecular formula is C11H16BrN3O. The van der Waals surface area contributed by atoms with Crippen molar-refractivity contribution in [2.75, 3.05) is 18.0 Å². The maximum absolute atomic E-state index is 11.7. The van der Waals surface area contributed by atoms with Gasteiger partial charge < -0.3 is 4.90 Å². The summed E-state index contributed by atoms with van der Waals surface area (Å²) in [4.78, 5) is 21.2. The van der Waals surface area contributed by atoms with E-state index in [2.05, 4.69) is 30.8 Å². The van der Waals surface area contributed by atoms with Crippen LogP contribution in [0.3, 0.4) is 0 Å². The first-order valence-electron chi connectivity index (χ1n) is 5.76. The maximum atomic E-state index is 11.7. The average molecular weight is 286 g/mol. The smallest absolute Gasteiger partial charge is 0.266 e. The molecule has 0 radical (unpaired) electrons. The van der Waals surface area contributed by atoms with E-state index in [0.29, 0.717) is 4.47 Å². The highest BCUT2D eigenvalue weighted by Crippen LogP contribution is 2.17. The molecule has 0 aromatic carbocycles. The molecule has 1 aromatic heterocycles. The van der Waals surface area contributed by atoms with Crippen LogP contribution < -0.4 is 10.5 Å². The zero-order chi connectivity index (χ0) is 11.5. The average Bonchev–Trinajstić information content (AvgIpc) is 2.33. The number of aromatic nitrogens is 2. The van der Waals surface area contributed by atoms with E-state index < -0.39 is 0 Å². The van der Waals surface area contributed by atoms with Crippen LogP contribution in [0.1, 0.15) is 31.9 Å². The van der Waals surface area contributed by atoms with Crippen molar-refractivity contribution in [2.24, 2.45) is 0 Å². The number of nitrogens with zero attached hydrogens (tertiary/aromatic N) is 2. The Hall–Kier alpha value is -0.840. The van der Waals surface area contributed by atoms with Gasteiger partial charge in [-0.3, -0.25) is 9.78 Å². The summed E-state index contributed by atoms with van der Waals surface area (Å²) in [6.07, 6.45) is 4.41. The van der Waals surface area contributed by atoms with Crippen molar-refractivity contribution >= 4 is 21.9 Å². The molecule has 1 aliphatic heterocycles. The van der Waals surface area contributed by atoms with Gasteiger partial charge in [-0.15, -0.1) is 0 Å². The topological polar surface area (TPSA) is 49.0 Å². The third kappa shape index (κ3) is 2.29. The number of nitrogens with one attached hydrogen (secondary N) is 1. The van der Waals surface area contributed by atoms with Crippen LogP contribution in [0.15, 0.2) is 9.27 Å². The van der Waals surface area contributed by atoms with Crippen LogP contribution in [0, 0.1) is 0 Å². The van der Waals surface area contributed by atoms with E-state index in [9.17, 15) is 4.79 Å². The minimum atomic E-state index is -0.0765. The molecule has 2 heterocycles. The molecule has 1 fully saturated rings. The van der Waals surface area contributed by atoms with Crippen LogP contribution in [-0.4, -0.2) is 23.1 Å². The number of aromatic amines is 1. The second-order valence-electron chi connectivity index (χ2n) is 4.05. The number of hydrogen-bond acceptors (Lipinski definition) is 3. The zero-order valence-corrected chi connectivity index (χ0v) is 11.0. The molecule has 88 valence electrons. The molecule has 2 rings (SSSR count). The Bertz CT molecular complexity index is 424. The van der Waals surface area contributed by atoms with E-state index in [4.69, 9.17) is 0 Å². The first-order valence-corrected chi connectivity index (χ1v) is 6.55. The normalized spacial score (nSPS) is 16.5. The lowest BCUT2D eigenvalue weighted by Crippen LogP contribution is -2.33. The van der Waals surface area contributed by atoms with Crippen molar-refractivity contribution in [2.45, 2.75) is 32.6 Å². The Morgan fingerprint density at radius 2 is 2.06 bits per heavy atom. The number of H-pyrrole nitrogens is 1. The Labute approximate surface area is 103 Å². The van der Waals surface area contributed by atoms with Gasteiger partial charge in [0.25, 0.3) is 5.56 Å². The van der Waals surface area contributed by atoms with Crippen LogP contribution in [0.25, 0.3) is 0 Å². The fourth-order valence-corrected chi connectivity index (χ4v) is 2.45. The van der Waals surface area contributed by atoms with Crippen molar-refractivity contribution in [3.05, 3.63) is 20.5 Å². The van der Waals surface area contributed by atoms with Crippen LogP contribution in [0.2, 0.25) is 0 Å². The summed E-state index contributed by atoms with van der Waals surface area (Å²) < 4.78 is 0.566. The molecule has 0 aliphatic carbocycles. The lowest BCUT2D eigenvalue weighted by Gasteiger charge is -2.27. The summed E-state index contributed by atoms with van der Waals surface area (Å²) >= 11 is 3.27. The SMILES string of the molecule is CCc1nc(N2CCCCC2)[nH]c(=O)c1Br.